The third-order valence-electron chi connectivity index (χ3n) is 4.36. The first kappa shape index (κ1) is 13.2. The van der Waals surface area contributed by atoms with Crippen LogP contribution in [0, 0.1) is 0 Å². The van der Waals surface area contributed by atoms with Crippen LogP contribution in [0.3, 0.4) is 0 Å². The van der Waals surface area contributed by atoms with Crippen LogP contribution in [0.1, 0.15) is 20.8 Å². The van der Waals surface area contributed by atoms with Crippen LogP contribution in [-0.2, 0) is 0 Å². The molecule has 22 heavy (non-hydrogen) atoms. The van der Waals surface area contributed by atoms with Gasteiger partial charge in [-0.25, -0.2) is 4.98 Å². The molecule has 3 aromatic rings. The van der Waals surface area contributed by atoms with E-state index in [2.05, 4.69) is 72.2 Å². The van der Waals surface area contributed by atoms with Crippen LogP contribution in [0.2, 0.25) is 0 Å². The topological polar surface area (TPSA) is 32.5 Å². The highest BCUT2D eigenvalue weighted by Crippen LogP contribution is 2.36. The summed E-state index contributed by atoms with van der Waals surface area (Å²) in [5, 5.41) is 2.18. The summed E-state index contributed by atoms with van der Waals surface area (Å²) in [7, 11) is 0. The van der Waals surface area contributed by atoms with E-state index < -0.39 is 0 Å². The lowest BCUT2D eigenvalue weighted by molar-refractivity contribution is 0.263. The minimum Gasteiger partial charge on any atom is -0.436 e. The smallest absolute Gasteiger partial charge is 0.227 e. The molecule has 0 saturated carbocycles. The quantitative estimate of drug-likeness (QED) is 0.704. The number of aromatic nitrogens is 1. The zero-order chi connectivity index (χ0) is 15.3. The molecule has 4 rings (SSSR count). The molecule has 3 heterocycles. The molecule has 0 N–H and O–H groups in total. The number of hydrogen-bond acceptors (Lipinski definition) is 4. The van der Waals surface area contributed by atoms with Crippen LogP contribution in [0.4, 0.5) is 5.69 Å². The van der Waals surface area contributed by atoms with Gasteiger partial charge in [-0.1, -0.05) is 12.1 Å². The van der Waals surface area contributed by atoms with E-state index in [1.807, 2.05) is 6.07 Å². The van der Waals surface area contributed by atoms with Crippen molar-refractivity contribution in [2.45, 2.75) is 33.0 Å². The first-order chi connectivity index (χ1) is 10.7. The monoisotopic (exact) mass is 293 g/mol. The van der Waals surface area contributed by atoms with Crippen molar-refractivity contribution in [1.82, 2.24) is 9.88 Å². The first-order valence-electron chi connectivity index (χ1n) is 7.67. The summed E-state index contributed by atoms with van der Waals surface area (Å²) in [6.45, 7) is 6.62. The molecule has 2 aromatic heterocycles. The van der Waals surface area contributed by atoms with Gasteiger partial charge >= 0.3 is 0 Å². The second-order valence-corrected chi connectivity index (χ2v) is 5.99. The fraction of sp³-hybridized carbons (Fsp3) is 0.278. The van der Waals surface area contributed by atoms with Crippen LogP contribution in [-0.4, -0.2) is 22.1 Å². The van der Waals surface area contributed by atoms with Gasteiger partial charge in [0.15, 0.2) is 5.58 Å². The number of anilines is 1. The van der Waals surface area contributed by atoms with E-state index in [0.29, 0.717) is 11.8 Å². The minimum atomic E-state index is 0.270. The maximum Gasteiger partial charge on any atom is 0.227 e. The maximum absolute atomic E-state index is 6.03. The number of para-hydroxylation sites is 1. The Morgan fingerprint density at radius 3 is 2.68 bits per heavy atom. The fourth-order valence-electron chi connectivity index (χ4n) is 3.25. The molecule has 0 spiro atoms. The van der Waals surface area contributed by atoms with Crippen molar-refractivity contribution in [2.75, 3.05) is 4.90 Å². The van der Waals surface area contributed by atoms with Crippen LogP contribution < -0.4 is 4.90 Å². The fourth-order valence-corrected chi connectivity index (χ4v) is 3.25. The maximum atomic E-state index is 6.03. The van der Waals surface area contributed by atoms with E-state index in [9.17, 15) is 0 Å². The van der Waals surface area contributed by atoms with Crippen LogP contribution in [0.15, 0.2) is 53.3 Å². The molecule has 0 unspecified atom stereocenters. The summed E-state index contributed by atoms with van der Waals surface area (Å²) in [4.78, 5) is 8.92. The number of rotatable bonds is 2. The number of hydrogen-bond donors (Lipinski definition) is 0. The van der Waals surface area contributed by atoms with Gasteiger partial charge in [0.2, 0.25) is 5.71 Å². The number of pyridine rings is 1. The number of fused-ring (bicyclic) bond motifs is 3. The summed E-state index contributed by atoms with van der Waals surface area (Å²) < 4.78 is 6.03. The van der Waals surface area contributed by atoms with Gasteiger partial charge in [0, 0.05) is 35.4 Å². The van der Waals surface area contributed by atoms with Gasteiger partial charge in [-0.3, -0.25) is 0 Å². The molecule has 0 fully saturated rings. The second-order valence-electron chi connectivity index (χ2n) is 5.99. The van der Waals surface area contributed by atoms with Crippen molar-refractivity contribution in [1.29, 1.82) is 0 Å². The van der Waals surface area contributed by atoms with Crippen molar-refractivity contribution < 1.29 is 4.42 Å². The molecule has 4 heteroatoms. The molecule has 1 aliphatic heterocycles. The molecule has 0 bridgehead atoms. The molecule has 0 radical (unpaired) electrons. The summed E-state index contributed by atoms with van der Waals surface area (Å²) in [5.41, 5.74) is 2.68. The largest absolute Gasteiger partial charge is 0.436 e. The van der Waals surface area contributed by atoms with Gasteiger partial charge in [0.1, 0.15) is 6.17 Å². The zero-order valence-corrected chi connectivity index (χ0v) is 13.0. The Hall–Kier alpha value is -2.49. The van der Waals surface area contributed by atoms with Gasteiger partial charge < -0.3 is 14.2 Å². The van der Waals surface area contributed by atoms with Gasteiger partial charge in [-0.15, -0.1) is 0 Å². The average Bonchev–Trinajstić information content (AvgIpc) is 3.07. The number of nitrogens with zero attached hydrogens (tertiary/aromatic N) is 3. The highest BCUT2D eigenvalue weighted by molar-refractivity contribution is 6.07. The first-order valence-corrected chi connectivity index (χ1v) is 7.67. The van der Waals surface area contributed by atoms with E-state index in [0.717, 1.165) is 22.0 Å². The van der Waals surface area contributed by atoms with E-state index in [-0.39, 0.29) is 6.17 Å². The number of benzene rings is 1. The summed E-state index contributed by atoms with van der Waals surface area (Å²) >= 11 is 0. The molecule has 1 atom stereocenters. The zero-order valence-electron chi connectivity index (χ0n) is 13.0. The average molecular weight is 293 g/mol. The Kier molecular flexibility index (Phi) is 2.86. The Balaban J connectivity index is 1.88. The van der Waals surface area contributed by atoms with Crippen molar-refractivity contribution in [3.63, 3.8) is 0 Å². The Morgan fingerprint density at radius 1 is 1.09 bits per heavy atom. The molecule has 4 nitrogen and oxygen atoms in total. The molecule has 1 aromatic carbocycles. The standard InChI is InChI=1S/C18H19N3O/c1-12(2)20-10-11-21(13(20)3)16-8-4-6-14-15-7-5-9-19-18(15)22-17(14)16/h4-13H,1-3H3/t13-/m0/s1. The molecular weight excluding hydrogens is 274 g/mol. The molecule has 1 aliphatic rings. The predicted octanol–water partition coefficient (Wildman–Crippen LogP) is 4.33. The molecule has 112 valence electrons. The third-order valence-corrected chi connectivity index (χ3v) is 4.36. The van der Waals surface area contributed by atoms with E-state index in [1.165, 1.54) is 0 Å². The van der Waals surface area contributed by atoms with Crippen molar-refractivity contribution in [3.8, 4) is 0 Å². The SMILES string of the molecule is CC(C)N1C=CN(c2cccc3c2oc2ncccc23)[C@H]1C. The molecule has 0 aliphatic carbocycles. The van der Waals surface area contributed by atoms with Gasteiger partial charge in [-0.2, -0.15) is 0 Å². The van der Waals surface area contributed by atoms with Gasteiger partial charge in [0.25, 0.3) is 0 Å². The highest BCUT2D eigenvalue weighted by atomic mass is 16.3. The van der Waals surface area contributed by atoms with Crippen molar-refractivity contribution in [3.05, 3.63) is 48.9 Å². The Bertz CT molecular complexity index is 865. The molecule has 0 saturated heterocycles. The predicted molar refractivity (Wildman–Crippen MR) is 89.6 cm³/mol. The number of furan rings is 1. The lowest BCUT2D eigenvalue weighted by Gasteiger charge is -2.32. The lowest BCUT2D eigenvalue weighted by atomic mass is 10.1. The molecule has 0 amide bonds. The summed E-state index contributed by atoms with van der Waals surface area (Å²) in [6, 6.07) is 10.8. The lowest BCUT2D eigenvalue weighted by Crippen LogP contribution is -2.39. The summed E-state index contributed by atoms with van der Waals surface area (Å²) in [6.07, 6.45) is 6.31. The van der Waals surface area contributed by atoms with Crippen molar-refractivity contribution in [2.24, 2.45) is 0 Å². The minimum absolute atomic E-state index is 0.270. The van der Waals surface area contributed by atoms with E-state index >= 15 is 0 Å². The Labute approximate surface area is 129 Å². The van der Waals surface area contributed by atoms with Crippen LogP contribution in [0.25, 0.3) is 22.1 Å². The van der Waals surface area contributed by atoms with Crippen LogP contribution >= 0.6 is 0 Å². The Morgan fingerprint density at radius 2 is 1.91 bits per heavy atom. The normalized spacial score (nSPS) is 18.3. The third kappa shape index (κ3) is 1.80. The van der Waals surface area contributed by atoms with E-state index in [4.69, 9.17) is 4.42 Å². The van der Waals surface area contributed by atoms with Gasteiger partial charge in [-0.05, 0) is 39.0 Å². The van der Waals surface area contributed by atoms with Crippen LogP contribution in [0.5, 0.6) is 0 Å². The molecular formula is C18H19N3O. The second kappa shape index (κ2) is 4.77. The van der Waals surface area contributed by atoms with E-state index in [1.54, 1.807) is 6.20 Å². The van der Waals surface area contributed by atoms with Gasteiger partial charge in [0.05, 0.1) is 5.69 Å². The highest BCUT2D eigenvalue weighted by Gasteiger charge is 2.27. The summed E-state index contributed by atoms with van der Waals surface area (Å²) in [5.74, 6) is 0. The van der Waals surface area contributed by atoms with Crippen molar-refractivity contribution >= 4 is 27.8 Å².